The smallest absolute Gasteiger partial charge is 0.161 e. The molecule has 16 heavy (non-hydrogen) atoms. The third-order valence-corrected chi connectivity index (χ3v) is 1.99. The fourth-order valence-electron chi connectivity index (χ4n) is 1.23. The Bertz CT molecular complexity index is 376. The fraction of sp³-hybridized carbons (Fsp3) is 0.364. The Morgan fingerprint density at radius 3 is 2.50 bits per heavy atom. The summed E-state index contributed by atoms with van der Waals surface area (Å²) in [5.41, 5.74) is 0.686. The van der Waals surface area contributed by atoms with Crippen molar-refractivity contribution in [3.8, 4) is 17.2 Å². The topological polar surface area (TPSA) is 71.3 Å². The van der Waals surface area contributed by atoms with E-state index in [9.17, 15) is 5.11 Å². The minimum absolute atomic E-state index is 0.00592. The number of aliphatic imine (C=N–C) groups is 1. The minimum atomic E-state index is -0.00592. The second kappa shape index (κ2) is 5.97. The zero-order valence-corrected chi connectivity index (χ0v) is 9.30. The van der Waals surface area contributed by atoms with Crippen molar-refractivity contribution in [1.82, 2.24) is 0 Å². The lowest BCUT2D eigenvalue weighted by Crippen LogP contribution is -1.95. The van der Waals surface area contributed by atoms with Crippen molar-refractivity contribution < 1.29 is 19.7 Å². The van der Waals surface area contributed by atoms with E-state index in [-0.39, 0.29) is 12.4 Å². The summed E-state index contributed by atoms with van der Waals surface area (Å²) in [4.78, 5) is 3.98. The summed E-state index contributed by atoms with van der Waals surface area (Å²) in [6.45, 7) is 0.320. The number of rotatable bonds is 5. The molecule has 5 heteroatoms. The van der Waals surface area contributed by atoms with Crippen LogP contribution < -0.4 is 9.47 Å². The first kappa shape index (κ1) is 12.3. The van der Waals surface area contributed by atoms with Crippen LogP contribution in [0.2, 0.25) is 0 Å². The maximum atomic E-state index is 9.53. The third kappa shape index (κ3) is 2.87. The van der Waals surface area contributed by atoms with E-state index < -0.39 is 0 Å². The van der Waals surface area contributed by atoms with E-state index in [2.05, 4.69) is 4.99 Å². The van der Waals surface area contributed by atoms with Gasteiger partial charge in [-0.2, -0.15) is 0 Å². The van der Waals surface area contributed by atoms with Crippen molar-refractivity contribution >= 4 is 6.21 Å². The SMILES string of the molecule is COc1cc(/C=N/CCO)c(OC)cc1O. The number of nitrogens with zero attached hydrogens (tertiary/aromatic N) is 1. The van der Waals surface area contributed by atoms with Crippen molar-refractivity contribution in [3.05, 3.63) is 17.7 Å². The minimum Gasteiger partial charge on any atom is -0.504 e. The van der Waals surface area contributed by atoms with Gasteiger partial charge in [0.25, 0.3) is 0 Å². The molecule has 0 aliphatic heterocycles. The van der Waals surface area contributed by atoms with Crippen LogP contribution in [0.15, 0.2) is 17.1 Å². The quantitative estimate of drug-likeness (QED) is 0.728. The molecular formula is C11H15NO4. The van der Waals surface area contributed by atoms with Gasteiger partial charge in [-0.1, -0.05) is 0 Å². The van der Waals surface area contributed by atoms with Gasteiger partial charge in [0.1, 0.15) is 5.75 Å². The van der Waals surface area contributed by atoms with Gasteiger partial charge in [0.2, 0.25) is 0 Å². The Morgan fingerprint density at radius 2 is 1.94 bits per heavy atom. The van der Waals surface area contributed by atoms with E-state index in [1.54, 1.807) is 12.3 Å². The Hall–Kier alpha value is -1.75. The fourth-order valence-corrected chi connectivity index (χ4v) is 1.23. The second-order valence-corrected chi connectivity index (χ2v) is 3.02. The average Bonchev–Trinajstić information content (AvgIpc) is 2.30. The standard InChI is InChI=1S/C11H15NO4/c1-15-10-6-9(14)11(16-2)5-8(10)7-12-3-4-13/h5-7,13-14H,3-4H2,1-2H3/b12-7+. The van der Waals surface area contributed by atoms with Crippen molar-refractivity contribution in [2.24, 2.45) is 4.99 Å². The van der Waals surface area contributed by atoms with Crippen molar-refractivity contribution in [1.29, 1.82) is 0 Å². The molecule has 0 unspecified atom stereocenters. The van der Waals surface area contributed by atoms with E-state index in [0.717, 1.165) is 0 Å². The van der Waals surface area contributed by atoms with Gasteiger partial charge in [-0.3, -0.25) is 4.99 Å². The highest BCUT2D eigenvalue weighted by Crippen LogP contribution is 2.32. The number of benzene rings is 1. The zero-order chi connectivity index (χ0) is 12.0. The normalized spacial score (nSPS) is 10.7. The Labute approximate surface area is 94.0 Å². The van der Waals surface area contributed by atoms with E-state index in [4.69, 9.17) is 14.6 Å². The van der Waals surface area contributed by atoms with Crippen LogP contribution in [0, 0.1) is 0 Å². The summed E-state index contributed by atoms with van der Waals surface area (Å²) >= 11 is 0. The average molecular weight is 225 g/mol. The molecule has 0 aromatic heterocycles. The Kier molecular flexibility index (Phi) is 4.60. The summed E-state index contributed by atoms with van der Waals surface area (Å²) in [5, 5.41) is 18.1. The maximum Gasteiger partial charge on any atom is 0.161 e. The van der Waals surface area contributed by atoms with Crippen LogP contribution in [0.25, 0.3) is 0 Å². The maximum absolute atomic E-state index is 9.53. The second-order valence-electron chi connectivity index (χ2n) is 3.02. The molecule has 5 nitrogen and oxygen atoms in total. The zero-order valence-electron chi connectivity index (χ0n) is 9.30. The van der Waals surface area contributed by atoms with Gasteiger partial charge in [0, 0.05) is 17.8 Å². The summed E-state index contributed by atoms with van der Waals surface area (Å²) < 4.78 is 10.1. The molecule has 0 spiro atoms. The van der Waals surface area contributed by atoms with Crippen LogP contribution in [0.5, 0.6) is 17.2 Å². The number of phenols is 1. The largest absolute Gasteiger partial charge is 0.504 e. The van der Waals surface area contributed by atoms with Gasteiger partial charge in [0.05, 0.1) is 27.4 Å². The highest BCUT2D eigenvalue weighted by molar-refractivity contribution is 5.85. The number of phenolic OH excluding ortho intramolecular Hbond substituents is 1. The number of methoxy groups -OCH3 is 2. The first-order chi connectivity index (χ1) is 7.72. The summed E-state index contributed by atoms with van der Waals surface area (Å²) in [6.07, 6.45) is 1.57. The summed E-state index contributed by atoms with van der Waals surface area (Å²) in [6, 6.07) is 3.08. The van der Waals surface area contributed by atoms with Crippen LogP contribution in [-0.2, 0) is 0 Å². The highest BCUT2D eigenvalue weighted by atomic mass is 16.5. The lowest BCUT2D eigenvalue weighted by atomic mass is 10.2. The van der Waals surface area contributed by atoms with Crippen molar-refractivity contribution in [3.63, 3.8) is 0 Å². The number of hydrogen-bond donors (Lipinski definition) is 2. The molecule has 0 atom stereocenters. The highest BCUT2D eigenvalue weighted by Gasteiger charge is 2.08. The molecule has 0 fully saturated rings. The molecule has 0 amide bonds. The first-order valence-corrected chi connectivity index (χ1v) is 4.78. The van der Waals surface area contributed by atoms with Crippen LogP contribution >= 0.6 is 0 Å². The molecule has 1 aromatic carbocycles. The third-order valence-electron chi connectivity index (χ3n) is 1.99. The Balaban J connectivity index is 3.04. The van der Waals surface area contributed by atoms with Crippen molar-refractivity contribution in [2.45, 2.75) is 0 Å². The Morgan fingerprint density at radius 1 is 1.25 bits per heavy atom. The van der Waals surface area contributed by atoms with Crippen molar-refractivity contribution in [2.75, 3.05) is 27.4 Å². The number of aliphatic hydroxyl groups excluding tert-OH is 1. The molecule has 1 rings (SSSR count). The lowest BCUT2D eigenvalue weighted by Gasteiger charge is -2.08. The van der Waals surface area contributed by atoms with Gasteiger partial charge in [0.15, 0.2) is 11.5 Å². The molecule has 0 bridgehead atoms. The lowest BCUT2D eigenvalue weighted by molar-refractivity contribution is 0.307. The molecule has 0 radical (unpaired) electrons. The van der Waals surface area contributed by atoms with E-state index in [0.29, 0.717) is 23.6 Å². The van der Waals surface area contributed by atoms with Crippen LogP contribution in [0.4, 0.5) is 0 Å². The monoisotopic (exact) mass is 225 g/mol. The molecule has 1 aromatic rings. The summed E-state index contributed by atoms with van der Waals surface area (Å²) in [5.74, 6) is 0.866. The number of aromatic hydroxyl groups is 1. The predicted octanol–water partition coefficient (Wildman–Crippen LogP) is 0.821. The molecule has 0 aliphatic carbocycles. The molecule has 2 N–H and O–H groups in total. The van der Waals surface area contributed by atoms with Gasteiger partial charge in [-0.15, -0.1) is 0 Å². The number of ether oxygens (including phenoxy) is 2. The molecule has 0 saturated carbocycles. The number of hydrogen-bond acceptors (Lipinski definition) is 5. The van der Waals surface area contributed by atoms with Gasteiger partial charge >= 0.3 is 0 Å². The molecule has 0 saturated heterocycles. The van der Waals surface area contributed by atoms with Gasteiger partial charge in [-0.05, 0) is 6.07 Å². The van der Waals surface area contributed by atoms with E-state index >= 15 is 0 Å². The van der Waals surface area contributed by atoms with Gasteiger partial charge < -0.3 is 19.7 Å². The van der Waals surface area contributed by atoms with E-state index in [1.807, 2.05) is 0 Å². The van der Waals surface area contributed by atoms with Crippen LogP contribution in [0.1, 0.15) is 5.56 Å². The first-order valence-electron chi connectivity index (χ1n) is 4.78. The molecule has 0 heterocycles. The molecule has 88 valence electrons. The molecular weight excluding hydrogens is 210 g/mol. The summed E-state index contributed by atoms with van der Waals surface area (Å²) in [7, 11) is 2.97. The molecule has 0 aliphatic rings. The van der Waals surface area contributed by atoms with Gasteiger partial charge in [-0.25, -0.2) is 0 Å². The predicted molar refractivity (Wildman–Crippen MR) is 60.8 cm³/mol. The number of aliphatic hydroxyl groups is 1. The van der Waals surface area contributed by atoms with Crippen LogP contribution in [0.3, 0.4) is 0 Å². The van der Waals surface area contributed by atoms with Crippen LogP contribution in [-0.4, -0.2) is 43.8 Å². The van der Waals surface area contributed by atoms with E-state index in [1.165, 1.54) is 20.3 Å².